The van der Waals surface area contributed by atoms with Gasteiger partial charge in [-0.15, -0.1) is 0 Å². The van der Waals surface area contributed by atoms with Crippen LogP contribution in [0.2, 0.25) is 5.02 Å². The van der Waals surface area contributed by atoms with Crippen LogP contribution in [0.1, 0.15) is 62.0 Å². The Hall–Kier alpha value is -2.65. The number of carbonyl (C=O) groups excluding carboxylic acids is 2. The first-order valence-corrected chi connectivity index (χ1v) is 10.4. The molecular formula is C22H25ClN4O2. The zero-order valence-corrected chi connectivity index (χ0v) is 17.4. The molecule has 152 valence electrons. The van der Waals surface area contributed by atoms with E-state index in [1.807, 2.05) is 22.9 Å². The minimum Gasteiger partial charge on any atom is -0.328 e. The van der Waals surface area contributed by atoms with Gasteiger partial charge in [0, 0.05) is 30.0 Å². The normalized spacial score (nSPS) is 15.8. The standard InChI is InChI=1S/C22H25ClN4O2/c1-2-3-6-18-14-26(15-19(28)7-4-5-12-24)22(29)21-13-20(25-27(18)21)16-8-10-17(23)11-9-16/h8-11,13,18H,2-7,14-15H2,1H3. The second-order valence-electron chi connectivity index (χ2n) is 7.40. The highest BCUT2D eigenvalue weighted by Crippen LogP contribution is 2.29. The highest BCUT2D eigenvalue weighted by molar-refractivity contribution is 6.30. The zero-order valence-electron chi connectivity index (χ0n) is 16.6. The molecule has 0 N–H and O–H groups in total. The summed E-state index contributed by atoms with van der Waals surface area (Å²) in [5.74, 6) is -0.173. The molecule has 0 radical (unpaired) electrons. The first-order chi connectivity index (χ1) is 14.0. The number of hydrogen-bond acceptors (Lipinski definition) is 4. The lowest BCUT2D eigenvalue weighted by atomic mass is 10.1. The van der Waals surface area contributed by atoms with Gasteiger partial charge in [0.05, 0.1) is 24.3 Å². The van der Waals surface area contributed by atoms with Crippen LogP contribution < -0.4 is 0 Å². The van der Waals surface area contributed by atoms with Crippen LogP contribution in [0, 0.1) is 11.3 Å². The van der Waals surface area contributed by atoms with Gasteiger partial charge in [0.2, 0.25) is 0 Å². The van der Waals surface area contributed by atoms with Gasteiger partial charge in [-0.2, -0.15) is 10.4 Å². The number of benzene rings is 1. The summed E-state index contributed by atoms with van der Waals surface area (Å²) in [6.07, 6.45) is 4.20. The molecule has 1 aliphatic rings. The van der Waals surface area contributed by atoms with Gasteiger partial charge in [0.25, 0.3) is 5.91 Å². The number of hydrogen-bond donors (Lipinski definition) is 0. The minimum atomic E-state index is -0.168. The SMILES string of the molecule is CCCCC1CN(CC(=O)CCCC#N)C(=O)c2cc(-c3ccc(Cl)cc3)nn21. The number of amides is 1. The lowest BCUT2D eigenvalue weighted by Gasteiger charge is -2.33. The number of fused-ring (bicyclic) bond motifs is 1. The predicted molar refractivity (Wildman–Crippen MR) is 112 cm³/mol. The number of nitrogens with zero attached hydrogens (tertiary/aromatic N) is 4. The maximum Gasteiger partial charge on any atom is 0.272 e. The first kappa shape index (κ1) is 21.1. The Labute approximate surface area is 176 Å². The molecule has 29 heavy (non-hydrogen) atoms. The maximum absolute atomic E-state index is 13.0. The topological polar surface area (TPSA) is 79.0 Å². The van der Waals surface area contributed by atoms with Crippen molar-refractivity contribution in [3.8, 4) is 17.3 Å². The van der Waals surface area contributed by atoms with E-state index in [9.17, 15) is 9.59 Å². The van der Waals surface area contributed by atoms with Gasteiger partial charge in [0.15, 0.2) is 5.78 Å². The quantitative estimate of drug-likeness (QED) is 0.561. The van der Waals surface area contributed by atoms with E-state index in [1.54, 1.807) is 23.1 Å². The number of ketones is 1. The molecule has 0 spiro atoms. The molecule has 1 aromatic carbocycles. The smallest absolute Gasteiger partial charge is 0.272 e. The summed E-state index contributed by atoms with van der Waals surface area (Å²) in [6.45, 7) is 2.71. The Kier molecular flexibility index (Phi) is 7.05. The van der Waals surface area contributed by atoms with Crippen LogP contribution in [-0.2, 0) is 4.79 Å². The summed E-state index contributed by atoms with van der Waals surface area (Å²) < 4.78 is 1.83. The van der Waals surface area contributed by atoms with Crippen molar-refractivity contribution >= 4 is 23.3 Å². The molecule has 1 atom stereocenters. The van der Waals surface area contributed by atoms with Crippen LogP contribution in [0.4, 0.5) is 0 Å². The molecule has 2 aromatic rings. The molecule has 1 aliphatic heterocycles. The number of halogens is 1. The van der Waals surface area contributed by atoms with Crippen molar-refractivity contribution in [2.24, 2.45) is 0 Å². The summed E-state index contributed by atoms with van der Waals surface area (Å²) in [5.41, 5.74) is 2.15. The third-order valence-corrected chi connectivity index (χ3v) is 5.41. The number of rotatable bonds is 9. The van der Waals surface area contributed by atoms with Gasteiger partial charge >= 0.3 is 0 Å². The Morgan fingerprint density at radius 3 is 2.76 bits per heavy atom. The third kappa shape index (κ3) is 5.04. The molecule has 1 aromatic heterocycles. The van der Waals surface area contributed by atoms with Gasteiger partial charge < -0.3 is 4.90 Å². The molecule has 0 fully saturated rings. The summed E-state index contributed by atoms with van der Waals surface area (Å²) in [7, 11) is 0. The van der Waals surface area contributed by atoms with E-state index < -0.39 is 0 Å². The van der Waals surface area contributed by atoms with E-state index in [4.69, 9.17) is 22.0 Å². The molecule has 0 aliphatic carbocycles. The molecule has 7 heteroatoms. The maximum atomic E-state index is 13.0. The number of carbonyl (C=O) groups is 2. The highest BCUT2D eigenvalue weighted by atomic mass is 35.5. The van der Waals surface area contributed by atoms with Crippen LogP contribution in [0.15, 0.2) is 30.3 Å². The van der Waals surface area contributed by atoms with E-state index in [1.165, 1.54) is 0 Å². The fourth-order valence-corrected chi connectivity index (χ4v) is 3.74. The van der Waals surface area contributed by atoms with Gasteiger partial charge in [-0.3, -0.25) is 14.3 Å². The second-order valence-corrected chi connectivity index (χ2v) is 7.83. The van der Waals surface area contributed by atoms with Crippen molar-refractivity contribution in [3.05, 3.63) is 41.0 Å². The fraction of sp³-hybridized carbons (Fsp3) is 0.455. The van der Waals surface area contributed by atoms with E-state index >= 15 is 0 Å². The van der Waals surface area contributed by atoms with Crippen molar-refractivity contribution in [2.45, 2.75) is 51.5 Å². The molecule has 1 amide bonds. The number of nitriles is 1. The summed E-state index contributed by atoms with van der Waals surface area (Å²) in [4.78, 5) is 27.0. The summed E-state index contributed by atoms with van der Waals surface area (Å²) in [5, 5.41) is 14.0. The molecule has 0 saturated heterocycles. The van der Waals surface area contributed by atoms with Crippen LogP contribution >= 0.6 is 11.6 Å². The summed E-state index contributed by atoms with van der Waals surface area (Å²) in [6, 6.07) is 11.3. The Bertz CT molecular complexity index is 914. The van der Waals surface area contributed by atoms with Gasteiger partial charge in [-0.25, -0.2) is 0 Å². The number of aromatic nitrogens is 2. The average molecular weight is 413 g/mol. The largest absolute Gasteiger partial charge is 0.328 e. The van der Waals surface area contributed by atoms with E-state index in [0.29, 0.717) is 36.5 Å². The molecule has 2 heterocycles. The lowest BCUT2D eigenvalue weighted by molar-refractivity contribution is -0.120. The monoisotopic (exact) mass is 412 g/mol. The van der Waals surface area contributed by atoms with Crippen LogP contribution in [0.5, 0.6) is 0 Å². The molecule has 0 saturated carbocycles. The third-order valence-electron chi connectivity index (χ3n) is 5.16. The van der Waals surface area contributed by atoms with Crippen molar-refractivity contribution in [2.75, 3.05) is 13.1 Å². The van der Waals surface area contributed by atoms with E-state index in [0.717, 1.165) is 30.5 Å². The zero-order chi connectivity index (χ0) is 20.8. The van der Waals surface area contributed by atoms with E-state index in [-0.39, 0.29) is 24.3 Å². The van der Waals surface area contributed by atoms with Gasteiger partial charge in [0.1, 0.15) is 5.69 Å². The Morgan fingerprint density at radius 1 is 1.31 bits per heavy atom. The fourth-order valence-electron chi connectivity index (χ4n) is 3.62. The molecular weight excluding hydrogens is 388 g/mol. The van der Waals surface area contributed by atoms with Crippen LogP contribution in [-0.4, -0.2) is 39.5 Å². The Balaban J connectivity index is 1.84. The average Bonchev–Trinajstić information content (AvgIpc) is 3.16. The minimum absolute atomic E-state index is 0.00580. The highest BCUT2D eigenvalue weighted by Gasteiger charge is 2.33. The van der Waals surface area contributed by atoms with Crippen LogP contribution in [0.3, 0.4) is 0 Å². The van der Waals surface area contributed by atoms with Gasteiger partial charge in [-0.05, 0) is 31.0 Å². The molecule has 6 nitrogen and oxygen atoms in total. The van der Waals surface area contributed by atoms with E-state index in [2.05, 4.69) is 6.92 Å². The molecule has 3 rings (SSSR count). The van der Waals surface area contributed by atoms with Gasteiger partial charge in [-0.1, -0.05) is 43.5 Å². The molecule has 1 unspecified atom stereocenters. The number of unbranched alkanes of at least 4 members (excludes halogenated alkanes) is 2. The van der Waals surface area contributed by atoms with Crippen LogP contribution in [0.25, 0.3) is 11.3 Å². The van der Waals surface area contributed by atoms with Crippen molar-refractivity contribution < 1.29 is 9.59 Å². The second kappa shape index (κ2) is 9.71. The predicted octanol–water partition coefficient (Wildman–Crippen LogP) is 4.65. The molecule has 0 bridgehead atoms. The first-order valence-electron chi connectivity index (χ1n) is 10.1. The number of Topliss-reactive ketones (excluding diaryl/α,β-unsaturated/α-hetero) is 1. The lowest BCUT2D eigenvalue weighted by Crippen LogP contribution is -2.45. The van der Waals surface area contributed by atoms with Crippen molar-refractivity contribution in [3.63, 3.8) is 0 Å². The van der Waals surface area contributed by atoms with Crippen molar-refractivity contribution in [1.29, 1.82) is 5.26 Å². The Morgan fingerprint density at radius 2 is 2.07 bits per heavy atom. The van der Waals surface area contributed by atoms with Crippen molar-refractivity contribution in [1.82, 2.24) is 14.7 Å². The summed E-state index contributed by atoms with van der Waals surface area (Å²) >= 11 is 5.98.